The van der Waals surface area contributed by atoms with E-state index in [0.29, 0.717) is 6.54 Å². The molecule has 1 N–H and O–H groups in total. The van der Waals surface area contributed by atoms with E-state index in [0.717, 1.165) is 36.3 Å². The van der Waals surface area contributed by atoms with Gasteiger partial charge in [0.05, 0.1) is 6.54 Å². The number of hydrogen-bond donors (Lipinski definition) is 1. The molecule has 1 aliphatic rings. The molecule has 0 spiro atoms. The maximum Gasteiger partial charge on any atom is 0.238 e. The number of nitrogens with zero attached hydrogens (tertiary/aromatic N) is 1. The van der Waals surface area contributed by atoms with E-state index in [-0.39, 0.29) is 5.91 Å². The Kier molecular flexibility index (Phi) is 4.63. The number of hydrogen-bond acceptors (Lipinski definition) is 3. The summed E-state index contributed by atoms with van der Waals surface area (Å²) in [5, 5.41) is 5.24. The highest BCUT2D eigenvalue weighted by Crippen LogP contribution is 2.28. The molecule has 1 amide bonds. The summed E-state index contributed by atoms with van der Waals surface area (Å²) < 4.78 is 0. The maximum absolute atomic E-state index is 12.6. The molecule has 0 radical (unpaired) electrons. The summed E-state index contributed by atoms with van der Waals surface area (Å²) in [6.45, 7) is 2.24. The van der Waals surface area contributed by atoms with E-state index in [4.69, 9.17) is 0 Å². The minimum Gasteiger partial charge on any atom is -0.324 e. The van der Waals surface area contributed by atoms with Crippen molar-refractivity contribution in [3.05, 3.63) is 76.5 Å². The molecule has 0 unspecified atom stereocenters. The van der Waals surface area contributed by atoms with Gasteiger partial charge in [-0.3, -0.25) is 9.69 Å². The van der Waals surface area contributed by atoms with Crippen LogP contribution in [0.15, 0.2) is 66.0 Å². The van der Waals surface area contributed by atoms with Gasteiger partial charge in [0.1, 0.15) is 0 Å². The van der Waals surface area contributed by atoms with E-state index in [1.165, 1.54) is 10.4 Å². The fraction of sp³-hybridized carbons (Fsp3) is 0.190. The molecule has 1 aliphatic heterocycles. The van der Waals surface area contributed by atoms with Gasteiger partial charge in [0.2, 0.25) is 5.91 Å². The van der Waals surface area contributed by atoms with Crippen molar-refractivity contribution in [2.75, 3.05) is 18.4 Å². The van der Waals surface area contributed by atoms with Crippen LogP contribution in [0.4, 0.5) is 5.69 Å². The molecule has 0 saturated heterocycles. The minimum absolute atomic E-state index is 0.0436. The molecule has 0 fully saturated rings. The molecule has 0 aliphatic carbocycles. The zero-order valence-corrected chi connectivity index (χ0v) is 14.8. The van der Waals surface area contributed by atoms with Crippen molar-refractivity contribution in [2.24, 2.45) is 0 Å². The number of para-hydroxylation sites is 1. The van der Waals surface area contributed by atoms with Crippen LogP contribution in [0, 0.1) is 0 Å². The number of carbonyl (C=O) groups excluding carboxylic acids is 1. The lowest BCUT2D eigenvalue weighted by atomic mass is 10.0. The molecule has 3 nitrogen and oxygen atoms in total. The first kappa shape index (κ1) is 16.1. The van der Waals surface area contributed by atoms with Crippen LogP contribution in [0.1, 0.15) is 10.4 Å². The Hall–Kier alpha value is -2.43. The van der Waals surface area contributed by atoms with Crippen LogP contribution in [0.3, 0.4) is 0 Å². The van der Waals surface area contributed by atoms with Crippen molar-refractivity contribution < 1.29 is 4.79 Å². The van der Waals surface area contributed by atoms with E-state index >= 15 is 0 Å². The second-order valence-corrected chi connectivity index (χ2v) is 7.29. The van der Waals surface area contributed by atoms with Crippen LogP contribution in [-0.4, -0.2) is 23.9 Å². The van der Waals surface area contributed by atoms with Gasteiger partial charge in [-0.1, -0.05) is 48.5 Å². The van der Waals surface area contributed by atoms with Gasteiger partial charge in [-0.25, -0.2) is 0 Å². The number of anilines is 1. The molecule has 126 valence electrons. The predicted octanol–water partition coefficient (Wildman–Crippen LogP) is 4.41. The van der Waals surface area contributed by atoms with Gasteiger partial charge in [0.25, 0.3) is 0 Å². The highest BCUT2D eigenvalue weighted by molar-refractivity contribution is 7.10. The highest BCUT2D eigenvalue weighted by atomic mass is 32.1. The number of benzene rings is 2. The molecule has 1 aromatic heterocycles. The van der Waals surface area contributed by atoms with Gasteiger partial charge in [0.15, 0.2) is 0 Å². The summed E-state index contributed by atoms with van der Waals surface area (Å²) >= 11 is 1.82. The number of fused-ring (bicyclic) bond motifs is 1. The zero-order chi connectivity index (χ0) is 17.1. The Labute approximate surface area is 151 Å². The number of amides is 1. The summed E-state index contributed by atoms with van der Waals surface area (Å²) in [6.07, 6.45) is 1.04. The standard InChI is InChI=1S/C21H20N2OS/c24-21(15-23-12-10-20-17(14-23)11-13-25-20)22-19-9-5-4-8-18(19)16-6-2-1-3-7-16/h1-9,11,13H,10,12,14-15H2,(H,22,24). The summed E-state index contributed by atoms with van der Waals surface area (Å²) in [7, 11) is 0. The largest absolute Gasteiger partial charge is 0.324 e. The zero-order valence-electron chi connectivity index (χ0n) is 13.9. The first-order valence-electron chi connectivity index (χ1n) is 8.51. The van der Waals surface area contributed by atoms with Gasteiger partial charge in [0, 0.05) is 29.2 Å². The predicted molar refractivity (Wildman–Crippen MR) is 104 cm³/mol. The topological polar surface area (TPSA) is 32.3 Å². The molecule has 3 aromatic rings. The molecule has 4 heteroatoms. The van der Waals surface area contributed by atoms with Crippen LogP contribution < -0.4 is 5.32 Å². The van der Waals surface area contributed by atoms with E-state index in [1.807, 2.05) is 53.8 Å². The lowest BCUT2D eigenvalue weighted by Crippen LogP contribution is -2.36. The number of rotatable bonds is 4. The van der Waals surface area contributed by atoms with Gasteiger partial charge in [-0.2, -0.15) is 0 Å². The molecule has 0 saturated carbocycles. The third kappa shape index (κ3) is 3.65. The molecular weight excluding hydrogens is 328 g/mol. The van der Waals surface area contributed by atoms with Crippen LogP contribution >= 0.6 is 11.3 Å². The monoisotopic (exact) mass is 348 g/mol. The lowest BCUT2D eigenvalue weighted by molar-refractivity contribution is -0.117. The average Bonchev–Trinajstić information content (AvgIpc) is 3.10. The quantitative estimate of drug-likeness (QED) is 0.757. The van der Waals surface area contributed by atoms with Crippen LogP contribution in [0.5, 0.6) is 0 Å². The molecule has 0 atom stereocenters. The van der Waals surface area contributed by atoms with Gasteiger partial charge >= 0.3 is 0 Å². The molecule has 4 rings (SSSR count). The van der Waals surface area contributed by atoms with Gasteiger partial charge in [-0.15, -0.1) is 11.3 Å². The van der Waals surface area contributed by atoms with Crippen molar-refractivity contribution in [1.82, 2.24) is 4.90 Å². The van der Waals surface area contributed by atoms with Crippen molar-refractivity contribution in [1.29, 1.82) is 0 Å². The number of thiophene rings is 1. The summed E-state index contributed by atoms with van der Waals surface area (Å²) in [5.41, 5.74) is 4.40. The van der Waals surface area contributed by atoms with Crippen molar-refractivity contribution in [2.45, 2.75) is 13.0 Å². The van der Waals surface area contributed by atoms with Gasteiger partial charge < -0.3 is 5.32 Å². The molecule has 0 bridgehead atoms. The molecule has 2 heterocycles. The lowest BCUT2D eigenvalue weighted by Gasteiger charge is -2.26. The molecular formula is C21H20N2OS. The average molecular weight is 348 g/mol. The van der Waals surface area contributed by atoms with Crippen LogP contribution in [0.25, 0.3) is 11.1 Å². The third-order valence-electron chi connectivity index (χ3n) is 4.54. The minimum atomic E-state index is 0.0436. The smallest absolute Gasteiger partial charge is 0.238 e. The normalized spacial score (nSPS) is 14.1. The Morgan fingerprint density at radius 3 is 2.72 bits per heavy atom. The Bertz CT molecular complexity index is 872. The molecule has 2 aromatic carbocycles. The van der Waals surface area contributed by atoms with Crippen molar-refractivity contribution in [3.8, 4) is 11.1 Å². The Morgan fingerprint density at radius 2 is 1.84 bits per heavy atom. The number of nitrogens with one attached hydrogen (secondary N) is 1. The first-order chi connectivity index (χ1) is 12.3. The fourth-order valence-corrected chi connectivity index (χ4v) is 4.19. The fourth-order valence-electron chi connectivity index (χ4n) is 3.30. The SMILES string of the molecule is O=C(CN1CCc2sccc2C1)Nc1ccccc1-c1ccccc1. The van der Waals surface area contributed by atoms with E-state index < -0.39 is 0 Å². The first-order valence-corrected chi connectivity index (χ1v) is 9.39. The summed E-state index contributed by atoms with van der Waals surface area (Å²) in [5.74, 6) is 0.0436. The second-order valence-electron chi connectivity index (χ2n) is 6.29. The van der Waals surface area contributed by atoms with E-state index in [2.05, 4.69) is 33.8 Å². The van der Waals surface area contributed by atoms with Crippen LogP contribution in [0.2, 0.25) is 0 Å². The maximum atomic E-state index is 12.6. The second kappa shape index (κ2) is 7.21. The summed E-state index contributed by atoms with van der Waals surface area (Å²) in [6, 6.07) is 20.3. The van der Waals surface area contributed by atoms with E-state index in [9.17, 15) is 4.79 Å². The van der Waals surface area contributed by atoms with Crippen LogP contribution in [-0.2, 0) is 17.8 Å². The Morgan fingerprint density at radius 1 is 1.04 bits per heavy atom. The third-order valence-corrected chi connectivity index (χ3v) is 5.56. The van der Waals surface area contributed by atoms with Crippen molar-refractivity contribution in [3.63, 3.8) is 0 Å². The number of carbonyl (C=O) groups is 1. The Balaban J connectivity index is 1.45. The highest BCUT2D eigenvalue weighted by Gasteiger charge is 2.19. The summed E-state index contributed by atoms with van der Waals surface area (Å²) in [4.78, 5) is 16.2. The molecule has 25 heavy (non-hydrogen) atoms. The van der Waals surface area contributed by atoms with Crippen molar-refractivity contribution >= 4 is 22.9 Å². The van der Waals surface area contributed by atoms with Gasteiger partial charge in [-0.05, 0) is 35.1 Å². The van der Waals surface area contributed by atoms with E-state index in [1.54, 1.807) is 0 Å².